The van der Waals surface area contributed by atoms with E-state index in [0.717, 1.165) is 5.56 Å². The van der Waals surface area contributed by atoms with Gasteiger partial charge in [-0.25, -0.2) is 13.1 Å². The van der Waals surface area contributed by atoms with E-state index in [4.69, 9.17) is 5.26 Å². The van der Waals surface area contributed by atoms with Gasteiger partial charge in [-0.1, -0.05) is 0 Å². The van der Waals surface area contributed by atoms with E-state index in [1.54, 1.807) is 6.07 Å². The lowest BCUT2D eigenvalue weighted by Crippen LogP contribution is -2.24. The van der Waals surface area contributed by atoms with E-state index in [-0.39, 0.29) is 6.54 Å². The van der Waals surface area contributed by atoms with Gasteiger partial charge in [-0.3, -0.25) is 0 Å². The predicted molar refractivity (Wildman–Crippen MR) is 50.6 cm³/mol. The molecule has 70 valence electrons. The molecular formula is C7H8N2O2S2. The van der Waals surface area contributed by atoms with E-state index < -0.39 is 15.8 Å². The van der Waals surface area contributed by atoms with Gasteiger partial charge in [-0.05, 0) is 22.4 Å². The van der Waals surface area contributed by atoms with Crippen molar-refractivity contribution in [2.24, 2.45) is 0 Å². The Bertz CT molecular complexity index is 389. The van der Waals surface area contributed by atoms with Crippen molar-refractivity contribution < 1.29 is 8.42 Å². The van der Waals surface area contributed by atoms with Crippen LogP contribution in [0.15, 0.2) is 16.8 Å². The molecule has 13 heavy (non-hydrogen) atoms. The maximum atomic E-state index is 11.0. The van der Waals surface area contributed by atoms with Gasteiger partial charge in [-0.15, -0.1) is 0 Å². The van der Waals surface area contributed by atoms with E-state index >= 15 is 0 Å². The first kappa shape index (κ1) is 10.2. The average Bonchev–Trinajstić information content (AvgIpc) is 2.52. The molecule has 1 heterocycles. The molecule has 0 aromatic carbocycles. The van der Waals surface area contributed by atoms with Crippen LogP contribution in [0.2, 0.25) is 0 Å². The summed E-state index contributed by atoms with van der Waals surface area (Å²) in [5.74, 6) is -0.489. The van der Waals surface area contributed by atoms with Crippen LogP contribution in [0.1, 0.15) is 5.56 Å². The molecule has 1 aromatic rings. The van der Waals surface area contributed by atoms with Crippen LogP contribution in [0.3, 0.4) is 0 Å². The molecule has 1 N–H and O–H groups in total. The molecule has 0 unspecified atom stereocenters. The topological polar surface area (TPSA) is 70.0 Å². The van der Waals surface area contributed by atoms with Gasteiger partial charge in [0.15, 0.2) is 5.75 Å². The van der Waals surface area contributed by atoms with Crippen molar-refractivity contribution in [3.05, 3.63) is 22.4 Å². The summed E-state index contributed by atoms with van der Waals surface area (Å²) in [6, 6.07) is 3.42. The zero-order chi connectivity index (χ0) is 9.73. The minimum absolute atomic E-state index is 0.257. The van der Waals surface area contributed by atoms with E-state index in [9.17, 15) is 8.42 Å². The third-order valence-electron chi connectivity index (χ3n) is 1.33. The smallest absolute Gasteiger partial charge is 0.211 e. The van der Waals surface area contributed by atoms with Gasteiger partial charge in [0.2, 0.25) is 10.0 Å². The molecular weight excluding hydrogens is 208 g/mol. The number of nitriles is 1. The standard InChI is InChI=1S/C7H8N2O2S2/c8-2-4-13(10,11)9-5-7-1-3-12-6-7/h1,3,6,9H,4-5H2. The summed E-state index contributed by atoms with van der Waals surface area (Å²) in [5.41, 5.74) is 0.909. The molecule has 0 spiro atoms. The second-order valence-corrected chi connectivity index (χ2v) is 4.96. The SMILES string of the molecule is N#CCS(=O)(=O)NCc1ccsc1. The van der Waals surface area contributed by atoms with Gasteiger partial charge in [0.25, 0.3) is 0 Å². The van der Waals surface area contributed by atoms with Crippen LogP contribution < -0.4 is 4.72 Å². The summed E-state index contributed by atoms with van der Waals surface area (Å²) in [6.45, 7) is 0.257. The molecule has 6 heteroatoms. The number of nitrogens with one attached hydrogen (secondary N) is 1. The quantitative estimate of drug-likeness (QED) is 0.805. The first-order valence-electron chi connectivity index (χ1n) is 3.49. The molecule has 0 atom stereocenters. The van der Waals surface area contributed by atoms with Crippen LogP contribution in [-0.4, -0.2) is 14.2 Å². The van der Waals surface area contributed by atoms with Crippen molar-refractivity contribution >= 4 is 21.4 Å². The Balaban J connectivity index is 2.49. The van der Waals surface area contributed by atoms with Crippen molar-refractivity contribution in [1.29, 1.82) is 5.26 Å². The fourth-order valence-electron chi connectivity index (χ4n) is 0.723. The van der Waals surface area contributed by atoms with Crippen LogP contribution in [0.25, 0.3) is 0 Å². The Hall–Kier alpha value is -0.900. The first-order valence-corrected chi connectivity index (χ1v) is 6.09. The summed E-state index contributed by atoms with van der Waals surface area (Å²) in [7, 11) is -3.41. The molecule has 0 bridgehead atoms. The highest BCUT2D eigenvalue weighted by Crippen LogP contribution is 2.05. The Labute approximate surface area is 80.9 Å². The van der Waals surface area contributed by atoms with Crippen LogP contribution in [0, 0.1) is 11.3 Å². The highest BCUT2D eigenvalue weighted by molar-refractivity contribution is 7.89. The molecule has 0 aliphatic carbocycles. The van der Waals surface area contributed by atoms with Crippen molar-refractivity contribution in [3.8, 4) is 6.07 Å². The Morgan fingerprint density at radius 1 is 1.62 bits per heavy atom. The molecule has 0 saturated carbocycles. The molecule has 0 radical (unpaired) electrons. The number of sulfonamides is 1. The van der Waals surface area contributed by atoms with Gasteiger partial charge in [0.05, 0.1) is 6.07 Å². The van der Waals surface area contributed by atoms with Gasteiger partial charge in [-0.2, -0.15) is 16.6 Å². The van der Waals surface area contributed by atoms with Gasteiger partial charge in [0.1, 0.15) is 0 Å². The zero-order valence-corrected chi connectivity index (χ0v) is 8.36. The largest absolute Gasteiger partial charge is 0.225 e. The summed E-state index contributed by atoms with van der Waals surface area (Å²) < 4.78 is 24.3. The molecule has 0 amide bonds. The number of hydrogen-bond donors (Lipinski definition) is 1. The van der Waals surface area contributed by atoms with E-state index in [0.29, 0.717) is 0 Å². The summed E-state index contributed by atoms with van der Waals surface area (Å²) >= 11 is 1.50. The molecule has 1 aromatic heterocycles. The first-order chi connectivity index (χ1) is 6.14. The van der Waals surface area contributed by atoms with Crippen LogP contribution in [0.5, 0.6) is 0 Å². The van der Waals surface area contributed by atoms with Crippen molar-refractivity contribution in [3.63, 3.8) is 0 Å². The Morgan fingerprint density at radius 2 is 2.38 bits per heavy atom. The fraction of sp³-hybridized carbons (Fsp3) is 0.286. The third-order valence-corrected chi connectivity index (χ3v) is 3.16. The molecule has 4 nitrogen and oxygen atoms in total. The number of hydrogen-bond acceptors (Lipinski definition) is 4. The second-order valence-electron chi connectivity index (χ2n) is 2.37. The van der Waals surface area contributed by atoms with Gasteiger partial charge < -0.3 is 0 Å². The monoisotopic (exact) mass is 216 g/mol. The summed E-state index contributed by atoms with van der Waals surface area (Å²) in [4.78, 5) is 0. The highest BCUT2D eigenvalue weighted by atomic mass is 32.2. The Kier molecular flexibility index (Phi) is 3.42. The van der Waals surface area contributed by atoms with Crippen LogP contribution >= 0.6 is 11.3 Å². The lowest BCUT2D eigenvalue weighted by Gasteiger charge is -2.00. The average molecular weight is 216 g/mol. The maximum Gasteiger partial charge on any atom is 0.225 e. The second kappa shape index (κ2) is 4.37. The number of nitrogens with zero attached hydrogens (tertiary/aromatic N) is 1. The minimum atomic E-state index is -3.41. The van der Waals surface area contributed by atoms with Crippen molar-refractivity contribution in [1.82, 2.24) is 4.72 Å². The van der Waals surface area contributed by atoms with Gasteiger partial charge in [0, 0.05) is 6.54 Å². The predicted octanol–water partition coefficient (Wildman–Crippen LogP) is 0.691. The van der Waals surface area contributed by atoms with Crippen molar-refractivity contribution in [2.45, 2.75) is 6.54 Å². The zero-order valence-electron chi connectivity index (χ0n) is 6.73. The maximum absolute atomic E-state index is 11.0. The minimum Gasteiger partial charge on any atom is -0.211 e. The molecule has 0 aliphatic rings. The molecule has 0 fully saturated rings. The van der Waals surface area contributed by atoms with Crippen LogP contribution in [0.4, 0.5) is 0 Å². The lowest BCUT2D eigenvalue weighted by molar-refractivity contribution is 0.585. The normalized spacial score (nSPS) is 11.0. The van der Waals surface area contributed by atoms with Crippen molar-refractivity contribution in [2.75, 3.05) is 5.75 Å². The van der Waals surface area contributed by atoms with Gasteiger partial charge >= 0.3 is 0 Å². The number of rotatable bonds is 4. The fourth-order valence-corrected chi connectivity index (χ4v) is 2.05. The van der Waals surface area contributed by atoms with E-state index in [1.807, 2.05) is 16.8 Å². The van der Waals surface area contributed by atoms with E-state index in [1.165, 1.54) is 11.3 Å². The third kappa shape index (κ3) is 3.55. The lowest BCUT2D eigenvalue weighted by atomic mass is 10.4. The summed E-state index contributed by atoms with van der Waals surface area (Å²) in [6.07, 6.45) is 0. The Morgan fingerprint density at radius 3 is 2.92 bits per heavy atom. The van der Waals surface area contributed by atoms with E-state index in [2.05, 4.69) is 4.72 Å². The summed E-state index contributed by atoms with van der Waals surface area (Å²) in [5, 5.41) is 11.9. The number of thiophene rings is 1. The van der Waals surface area contributed by atoms with Crippen LogP contribution in [-0.2, 0) is 16.6 Å². The molecule has 0 saturated heterocycles. The molecule has 1 rings (SSSR count). The molecule has 0 aliphatic heterocycles. The highest BCUT2D eigenvalue weighted by Gasteiger charge is 2.08.